The van der Waals surface area contributed by atoms with Crippen LogP contribution in [0.25, 0.3) is 0 Å². The average molecular weight is 483 g/mol. The van der Waals surface area contributed by atoms with Gasteiger partial charge >= 0.3 is 0 Å². The minimum absolute atomic E-state index is 0. The van der Waals surface area contributed by atoms with Crippen molar-refractivity contribution in [1.82, 2.24) is 10.6 Å². The second-order valence-electron chi connectivity index (χ2n) is 7.96. The van der Waals surface area contributed by atoms with Gasteiger partial charge in [0.1, 0.15) is 0 Å². The SMILES string of the molecule is CCCCCC(C)(C)CNC(=NC)NCCCOCC1CCOCC1.I. The maximum absolute atomic E-state index is 5.80. The molecule has 0 amide bonds. The third kappa shape index (κ3) is 13.1. The molecule has 0 aromatic carbocycles. The molecular weight excluding hydrogens is 441 g/mol. The molecule has 0 unspecified atom stereocenters. The second kappa shape index (κ2) is 15.9. The summed E-state index contributed by atoms with van der Waals surface area (Å²) in [6.45, 7) is 12.2. The molecule has 0 radical (unpaired) electrons. The highest BCUT2D eigenvalue weighted by Crippen LogP contribution is 2.22. The monoisotopic (exact) mass is 483 g/mol. The summed E-state index contributed by atoms with van der Waals surface area (Å²) < 4.78 is 11.2. The quantitative estimate of drug-likeness (QED) is 0.189. The van der Waals surface area contributed by atoms with Crippen LogP contribution in [0.3, 0.4) is 0 Å². The smallest absolute Gasteiger partial charge is 0.190 e. The van der Waals surface area contributed by atoms with Crippen molar-refractivity contribution in [2.75, 3.05) is 46.6 Å². The van der Waals surface area contributed by atoms with Crippen LogP contribution < -0.4 is 10.6 Å². The number of rotatable bonds is 12. The predicted molar refractivity (Wildman–Crippen MR) is 122 cm³/mol. The molecule has 0 aliphatic carbocycles. The highest BCUT2D eigenvalue weighted by atomic mass is 127. The van der Waals surface area contributed by atoms with Gasteiger partial charge in [0.25, 0.3) is 0 Å². The van der Waals surface area contributed by atoms with Gasteiger partial charge in [0.2, 0.25) is 0 Å². The number of halogens is 1. The van der Waals surface area contributed by atoms with E-state index in [-0.39, 0.29) is 24.0 Å². The van der Waals surface area contributed by atoms with E-state index in [2.05, 4.69) is 36.4 Å². The lowest BCUT2D eigenvalue weighted by Crippen LogP contribution is -2.42. The summed E-state index contributed by atoms with van der Waals surface area (Å²) in [5.74, 6) is 1.58. The molecule has 2 N–H and O–H groups in total. The van der Waals surface area contributed by atoms with E-state index >= 15 is 0 Å². The summed E-state index contributed by atoms with van der Waals surface area (Å²) in [5.41, 5.74) is 0.305. The normalized spacial score (nSPS) is 16.2. The van der Waals surface area contributed by atoms with Crippen molar-refractivity contribution in [3.8, 4) is 0 Å². The lowest BCUT2D eigenvalue weighted by atomic mass is 9.87. The predicted octanol–water partition coefficient (Wildman–Crippen LogP) is 4.21. The zero-order valence-electron chi connectivity index (χ0n) is 17.4. The Hall–Kier alpha value is -0.0800. The summed E-state index contributed by atoms with van der Waals surface area (Å²) in [7, 11) is 1.83. The van der Waals surface area contributed by atoms with E-state index in [4.69, 9.17) is 9.47 Å². The van der Waals surface area contributed by atoms with E-state index < -0.39 is 0 Å². The molecule has 0 saturated carbocycles. The van der Waals surface area contributed by atoms with E-state index in [1.54, 1.807) is 0 Å². The zero-order chi connectivity index (χ0) is 18.4. The molecule has 0 bridgehead atoms. The molecule has 1 heterocycles. The zero-order valence-corrected chi connectivity index (χ0v) is 19.8. The van der Waals surface area contributed by atoms with Gasteiger partial charge in [-0.2, -0.15) is 0 Å². The molecule has 1 fully saturated rings. The van der Waals surface area contributed by atoms with Gasteiger partial charge in [-0.25, -0.2) is 0 Å². The molecule has 1 rings (SSSR count). The molecule has 0 spiro atoms. The minimum atomic E-state index is 0. The summed E-state index contributed by atoms with van der Waals surface area (Å²) in [4.78, 5) is 4.32. The molecule has 26 heavy (non-hydrogen) atoms. The lowest BCUT2D eigenvalue weighted by molar-refractivity contribution is 0.0203. The molecular formula is C20H42IN3O2. The van der Waals surface area contributed by atoms with Crippen LogP contribution in [-0.2, 0) is 9.47 Å². The van der Waals surface area contributed by atoms with Crippen molar-refractivity contribution in [3.05, 3.63) is 0 Å². The Morgan fingerprint density at radius 2 is 1.88 bits per heavy atom. The van der Waals surface area contributed by atoms with Crippen LogP contribution in [0.4, 0.5) is 0 Å². The molecule has 6 heteroatoms. The third-order valence-corrected chi connectivity index (χ3v) is 4.87. The third-order valence-electron chi connectivity index (χ3n) is 4.87. The number of unbranched alkanes of at least 4 members (excludes halogenated alkanes) is 2. The van der Waals surface area contributed by atoms with E-state index in [0.717, 1.165) is 64.7 Å². The number of nitrogens with one attached hydrogen (secondary N) is 2. The molecule has 1 saturated heterocycles. The number of nitrogens with zero attached hydrogens (tertiary/aromatic N) is 1. The number of hydrogen-bond acceptors (Lipinski definition) is 3. The topological polar surface area (TPSA) is 54.9 Å². The molecule has 1 aliphatic rings. The Morgan fingerprint density at radius 3 is 2.54 bits per heavy atom. The van der Waals surface area contributed by atoms with Crippen LogP contribution >= 0.6 is 24.0 Å². The van der Waals surface area contributed by atoms with E-state index in [1.807, 2.05) is 7.05 Å². The summed E-state index contributed by atoms with van der Waals surface area (Å²) in [6.07, 6.45) is 8.45. The fourth-order valence-electron chi connectivity index (χ4n) is 3.03. The lowest BCUT2D eigenvalue weighted by Gasteiger charge is -2.26. The first-order chi connectivity index (χ1) is 12.1. The van der Waals surface area contributed by atoms with Gasteiger partial charge < -0.3 is 20.1 Å². The first-order valence-corrected chi connectivity index (χ1v) is 10.2. The number of aliphatic imine (C=N–C) groups is 1. The van der Waals surface area contributed by atoms with Gasteiger partial charge in [-0.15, -0.1) is 24.0 Å². The number of hydrogen-bond donors (Lipinski definition) is 2. The largest absolute Gasteiger partial charge is 0.381 e. The van der Waals surface area contributed by atoms with Crippen LogP contribution in [0.1, 0.15) is 65.7 Å². The fourth-order valence-corrected chi connectivity index (χ4v) is 3.03. The summed E-state index contributed by atoms with van der Waals surface area (Å²) in [5, 5.41) is 6.85. The first-order valence-electron chi connectivity index (χ1n) is 10.2. The second-order valence-corrected chi connectivity index (χ2v) is 7.96. The first kappa shape index (κ1) is 25.9. The maximum atomic E-state index is 5.80. The maximum Gasteiger partial charge on any atom is 0.190 e. The van der Waals surface area contributed by atoms with Gasteiger partial charge in [-0.3, -0.25) is 4.99 Å². The van der Waals surface area contributed by atoms with Crippen LogP contribution in [0.15, 0.2) is 4.99 Å². The van der Waals surface area contributed by atoms with Crippen LogP contribution in [-0.4, -0.2) is 52.5 Å². The summed E-state index contributed by atoms with van der Waals surface area (Å²) >= 11 is 0. The van der Waals surface area contributed by atoms with Crippen molar-refractivity contribution >= 4 is 29.9 Å². The van der Waals surface area contributed by atoms with Gasteiger partial charge in [0, 0.05) is 46.6 Å². The molecule has 0 aromatic rings. The minimum Gasteiger partial charge on any atom is -0.381 e. The Morgan fingerprint density at radius 1 is 1.15 bits per heavy atom. The van der Waals surface area contributed by atoms with Crippen LogP contribution in [0, 0.1) is 11.3 Å². The highest BCUT2D eigenvalue weighted by Gasteiger charge is 2.17. The van der Waals surface area contributed by atoms with Gasteiger partial charge in [0.05, 0.1) is 0 Å². The van der Waals surface area contributed by atoms with Crippen molar-refractivity contribution < 1.29 is 9.47 Å². The Bertz CT molecular complexity index is 359. The molecule has 0 atom stereocenters. The van der Waals surface area contributed by atoms with Gasteiger partial charge in [0.15, 0.2) is 5.96 Å². The van der Waals surface area contributed by atoms with Crippen LogP contribution in [0.5, 0.6) is 0 Å². The van der Waals surface area contributed by atoms with Gasteiger partial charge in [-0.1, -0.05) is 40.0 Å². The Kier molecular flexibility index (Phi) is 15.9. The standard InChI is InChI=1S/C20H41N3O2.HI/c1-5-6-7-11-20(2,3)17-23-19(21-4)22-12-8-13-25-16-18-9-14-24-15-10-18;/h18H,5-17H2,1-4H3,(H2,21,22,23);1H. The molecule has 0 aromatic heterocycles. The van der Waals surface area contributed by atoms with E-state index in [9.17, 15) is 0 Å². The molecule has 1 aliphatic heterocycles. The molecule has 156 valence electrons. The summed E-state index contributed by atoms with van der Waals surface area (Å²) in [6, 6.07) is 0. The number of guanidine groups is 1. The van der Waals surface area contributed by atoms with Crippen LogP contribution in [0.2, 0.25) is 0 Å². The highest BCUT2D eigenvalue weighted by molar-refractivity contribution is 14.0. The van der Waals surface area contributed by atoms with Crippen molar-refractivity contribution in [3.63, 3.8) is 0 Å². The van der Waals surface area contributed by atoms with E-state index in [1.165, 1.54) is 25.7 Å². The fraction of sp³-hybridized carbons (Fsp3) is 0.950. The van der Waals surface area contributed by atoms with Crippen molar-refractivity contribution in [1.29, 1.82) is 0 Å². The van der Waals surface area contributed by atoms with Crippen molar-refractivity contribution in [2.24, 2.45) is 16.3 Å². The van der Waals surface area contributed by atoms with Crippen molar-refractivity contribution in [2.45, 2.75) is 65.7 Å². The Labute approximate surface area is 178 Å². The molecule has 5 nitrogen and oxygen atoms in total. The Balaban J connectivity index is 0.00000625. The average Bonchev–Trinajstić information content (AvgIpc) is 2.61. The van der Waals surface area contributed by atoms with Gasteiger partial charge in [-0.05, 0) is 37.0 Å². The number of ether oxygens (including phenoxy) is 2. The van der Waals surface area contributed by atoms with E-state index in [0.29, 0.717) is 11.3 Å².